The second-order valence-corrected chi connectivity index (χ2v) is 8.37. The quantitative estimate of drug-likeness (QED) is 0.721. The van der Waals surface area contributed by atoms with Gasteiger partial charge in [-0.1, -0.05) is 25.5 Å². The number of hydrogen-bond acceptors (Lipinski definition) is 3. The van der Waals surface area contributed by atoms with Gasteiger partial charge in [0.25, 0.3) is 0 Å². The van der Waals surface area contributed by atoms with Gasteiger partial charge in [0, 0.05) is 16.7 Å². The van der Waals surface area contributed by atoms with Gasteiger partial charge in [0.05, 0.1) is 12.2 Å². The van der Waals surface area contributed by atoms with Crippen LogP contribution in [0.3, 0.4) is 0 Å². The molecule has 0 amide bonds. The number of allylic oxidation sites excluding steroid dienone is 4. The van der Waals surface area contributed by atoms with Gasteiger partial charge in [0.15, 0.2) is 5.78 Å². The average molecular weight is 320 g/mol. The molecule has 0 spiro atoms. The lowest BCUT2D eigenvalue weighted by molar-refractivity contribution is -0.179. The highest BCUT2D eigenvalue weighted by atomic mass is 19.1. The Labute approximate surface area is 136 Å². The summed E-state index contributed by atoms with van der Waals surface area (Å²) in [5.41, 5.74) is -0.262. The first-order valence-corrected chi connectivity index (χ1v) is 8.74. The van der Waals surface area contributed by atoms with Crippen molar-refractivity contribution >= 4 is 5.78 Å². The van der Waals surface area contributed by atoms with E-state index in [-0.39, 0.29) is 23.5 Å². The normalized spacial score (nSPS) is 55.0. The van der Waals surface area contributed by atoms with Crippen LogP contribution >= 0.6 is 0 Å². The molecule has 3 nitrogen and oxygen atoms in total. The zero-order valence-electron chi connectivity index (χ0n) is 13.7. The van der Waals surface area contributed by atoms with Gasteiger partial charge in [-0.25, -0.2) is 4.39 Å². The monoisotopic (exact) mass is 320 g/mol. The minimum atomic E-state index is -1.42. The van der Waals surface area contributed by atoms with Gasteiger partial charge in [-0.15, -0.1) is 0 Å². The third-order valence-electron chi connectivity index (χ3n) is 7.55. The molecule has 0 aromatic heterocycles. The van der Waals surface area contributed by atoms with Crippen LogP contribution in [0.15, 0.2) is 23.8 Å². The van der Waals surface area contributed by atoms with Crippen molar-refractivity contribution in [1.29, 1.82) is 0 Å². The molecular formula is C19H25FO3. The lowest BCUT2D eigenvalue weighted by Crippen LogP contribution is -2.62. The Morgan fingerprint density at radius 3 is 2.70 bits per heavy atom. The first-order valence-electron chi connectivity index (χ1n) is 8.74. The van der Waals surface area contributed by atoms with Crippen LogP contribution < -0.4 is 0 Å². The molecule has 0 radical (unpaired) electrons. The number of ketones is 1. The predicted molar refractivity (Wildman–Crippen MR) is 84.3 cm³/mol. The Bertz CT molecular complexity index is 612. The maximum Gasteiger partial charge on any atom is 0.178 e. The SMILES string of the molecule is C[C@@]12[C@@H](O)CC[C@H]1[C@@H]1CCC3=CC(=O)C=C[C@]3(C)[C@H]1[C@@H](O)[C@@H]2F. The number of aliphatic hydroxyl groups excluding tert-OH is 2. The summed E-state index contributed by atoms with van der Waals surface area (Å²) in [7, 11) is 0. The lowest BCUT2D eigenvalue weighted by atomic mass is 9.47. The molecule has 4 heteroatoms. The average Bonchev–Trinajstić information content (AvgIpc) is 2.82. The van der Waals surface area contributed by atoms with Gasteiger partial charge >= 0.3 is 0 Å². The van der Waals surface area contributed by atoms with E-state index in [1.54, 1.807) is 12.2 Å². The molecule has 3 saturated carbocycles. The van der Waals surface area contributed by atoms with Crippen molar-refractivity contribution in [3.8, 4) is 0 Å². The lowest BCUT2D eigenvalue weighted by Gasteiger charge is -2.59. The van der Waals surface area contributed by atoms with Gasteiger partial charge in [-0.2, -0.15) is 0 Å². The van der Waals surface area contributed by atoms with Crippen LogP contribution in [0.2, 0.25) is 0 Å². The van der Waals surface area contributed by atoms with Crippen molar-refractivity contribution in [2.24, 2.45) is 28.6 Å². The first kappa shape index (κ1) is 15.5. The maximum atomic E-state index is 15.2. The summed E-state index contributed by atoms with van der Waals surface area (Å²) in [6, 6.07) is 0. The molecule has 0 bridgehead atoms. The molecule has 8 atom stereocenters. The van der Waals surface area contributed by atoms with Gasteiger partial charge in [0.1, 0.15) is 6.17 Å². The largest absolute Gasteiger partial charge is 0.392 e. The van der Waals surface area contributed by atoms with E-state index < -0.39 is 29.2 Å². The summed E-state index contributed by atoms with van der Waals surface area (Å²) in [6.07, 6.45) is 5.04. The van der Waals surface area contributed by atoms with Crippen molar-refractivity contribution in [1.82, 2.24) is 0 Å². The highest BCUT2D eigenvalue weighted by Crippen LogP contribution is 2.65. The van der Waals surface area contributed by atoms with E-state index in [0.717, 1.165) is 24.8 Å². The number of halogens is 1. The fourth-order valence-electron chi connectivity index (χ4n) is 6.23. The molecule has 3 fully saturated rings. The molecular weight excluding hydrogens is 295 g/mol. The Morgan fingerprint density at radius 1 is 1.22 bits per heavy atom. The highest BCUT2D eigenvalue weighted by Gasteiger charge is 2.66. The molecule has 0 heterocycles. The van der Waals surface area contributed by atoms with E-state index in [0.29, 0.717) is 6.42 Å². The summed E-state index contributed by atoms with van der Waals surface area (Å²) in [6.45, 7) is 3.84. The van der Waals surface area contributed by atoms with E-state index >= 15 is 4.39 Å². The Kier molecular flexibility index (Phi) is 3.21. The third-order valence-corrected chi connectivity index (χ3v) is 7.55. The zero-order chi connectivity index (χ0) is 16.6. The van der Waals surface area contributed by atoms with Crippen molar-refractivity contribution in [3.05, 3.63) is 23.8 Å². The number of alkyl halides is 1. The molecule has 0 aromatic rings. The number of carbonyl (C=O) groups is 1. The third kappa shape index (κ3) is 1.79. The Morgan fingerprint density at radius 2 is 1.96 bits per heavy atom. The van der Waals surface area contributed by atoms with Crippen LogP contribution in [0.5, 0.6) is 0 Å². The number of rotatable bonds is 0. The zero-order valence-corrected chi connectivity index (χ0v) is 13.7. The first-order chi connectivity index (χ1) is 10.8. The van der Waals surface area contributed by atoms with E-state index in [4.69, 9.17) is 0 Å². The van der Waals surface area contributed by atoms with E-state index in [2.05, 4.69) is 0 Å². The minimum Gasteiger partial charge on any atom is -0.392 e. The molecule has 4 aliphatic rings. The van der Waals surface area contributed by atoms with Crippen LogP contribution in [0, 0.1) is 28.6 Å². The summed E-state index contributed by atoms with van der Waals surface area (Å²) >= 11 is 0. The molecule has 0 aliphatic heterocycles. The van der Waals surface area contributed by atoms with Crippen LogP contribution in [0.4, 0.5) is 4.39 Å². The number of fused-ring (bicyclic) bond motifs is 5. The summed E-state index contributed by atoms with van der Waals surface area (Å²) in [4.78, 5) is 11.7. The Balaban J connectivity index is 1.80. The maximum absolute atomic E-state index is 15.2. The second kappa shape index (κ2) is 4.76. The topological polar surface area (TPSA) is 57.5 Å². The molecule has 0 aromatic carbocycles. The summed E-state index contributed by atoms with van der Waals surface area (Å²) in [5, 5.41) is 21.2. The van der Waals surface area contributed by atoms with Crippen LogP contribution in [-0.4, -0.2) is 34.4 Å². The van der Waals surface area contributed by atoms with Crippen molar-refractivity contribution < 1.29 is 19.4 Å². The fraction of sp³-hybridized carbons (Fsp3) is 0.737. The molecule has 4 aliphatic carbocycles. The van der Waals surface area contributed by atoms with E-state index in [9.17, 15) is 15.0 Å². The van der Waals surface area contributed by atoms with Crippen molar-refractivity contribution in [2.45, 2.75) is 57.9 Å². The number of aliphatic hydroxyl groups is 2. The van der Waals surface area contributed by atoms with Gasteiger partial charge < -0.3 is 10.2 Å². The molecule has 0 saturated heterocycles. The van der Waals surface area contributed by atoms with Crippen LogP contribution in [-0.2, 0) is 4.79 Å². The minimum absolute atomic E-state index is 0.0147. The van der Waals surface area contributed by atoms with Gasteiger partial charge in [0.2, 0.25) is 0 Å². The van der Waals surface area contributed by atoms with Crippen molar-refractivity contribution in [2.75, 3.05) is 0 Å². The van der Waals surface area contributed by atoms with Gasteiger partial charge in [-0.05, 0) is 49.7 Å². The fourth-order valence-corrected chi connectivity index (χ4v) is 6.23. The van der Waals surface area contributed by atoms with Crippen LogP contribution in [0.25, 0.3) is 0 Å². The smallest absolute Gasteiger partial charge is 0.178 e. The summed E-state index contributed by atoms with van der Waals surface area (Å²) in [5.74, 6) is 0.0637. The summed E-state index contributed by atoms with van der Waals surface area (Å²) < 4.78 is 15.2. The number of carbonyl (C=O) groups excluding carboxylic acids is 1. The van der Waals surface area contributed by atoms with E-state index in [1.165, 1.54) is 0 Å². The predicted octanol–water partition coefficient (Wildman–Crippen LogP) is 2.57. The Hall–Kier alpha value is -1.00. The molecule has 23 heavy (non-hydrogen) atoms. The van der Waals surface area contributed by atoms with Gasteiger partial charge in [-0.3, -0.25) is 4.79 Å². The second-order valence-electron chi connectivity index (χ2n) is 8.37. The molecule has 0 unspecified atom stereocenters. The van der Waals surface area contributed by atoms with Crippen molar-refractivity contribution in [3.63, 3.8) is 0 Å². The molecule has 4 rings (SSSR count). The molecule has 2 N–H and O–H groups in total. The molecule has 126 valence electrons. The standard InChI is InChI=1S/C19H25FO3/c1-18-8-7-11(21)9-10(18)3-4-12-13-5-6-14(22)19(13,2)17(20)16(23)15(12)18/h7-9,12-17,22-23H,3-6H2,1-2H3/t12-,13-,14-,15+,16+,17-,18-,19-/m0/s1. The van der Waals surface area contributed by atoms with Crippen LogP contribution in [0.1, 0.15) is 39.5 Å². The highest BCUT2D eigenvalue weighted by molar-refractivity contribution is 6.01. The number of hydrogen-bond donors (Lipinski definition) is 2. The van der Waals surface area contributed by atoms with E-state index in [1.807, 2.05) is 19.9 Å².